The zero-order chi connectivity index (χ0) is 50.9. The number of aromatic carboxylic acids is 1. The number of para-hydroxylation sites is 1. The van der Waals surface area contributed by atoms with E-state index < -0.39 is 11.9 Å². The molecule has 2 fully saturated rings. The minimum absolute atomic E-state index is 0.0427. The normalized spacial score (nSPS) is 18.1. The molecule has 2 unspecified atom stereocenters. The van der Waals surface area contributed by atoms with Gasteiger partial charge in [0.25, 0.3) is 5.91 Å². The third kappa shape index (κ3) is 10.5. The summed E-state index contributed by atoms with van der Waals surface area (Å²) in [7, 11) is 3.31. The number of alkyl halides is 2. The summed E-state index contributed by atoms with van der Waals surface area (Å²) >= 11 is 1.26. The van der Waals surface area contributed by atoms with Gasteiger partial charge in [0.2, 0.25) is 11.8 Å². The summed E-state index contributed by atoms with van der Waals surface area (Å²) in [5, 5.41) is 24.8. The zero-order valence-electron chi connectivity index (χ0n) is 40.9. The quantitative estimate of drug-likeness (QED) is 0.0482. The molecule has 7 aromatic rings. The molecule has 0 saturated carbocycles. The van der Waals surface area contributed by atoms with E-state index in [1.807, 2.05) is 90.7 Å². The van der Waals surface area contributed by atoms with Gasteiger partial charge in [-0.05, 0) is 42.2 Å². The average molecular weight is 1120 g/mol. The van der Waals surface area contributed by atoms with Crippen LogP contribution in [0.3, 0.4) is 0 Å². The first-order valence-corrected chi connectivity index (χ1v) is 27.9. The number of aryl methyl sites for hydroxylation is 2. The molecule has 4 aromatic carbocycles. The van der Waals surface area contributed by atoms with E-state index in [0.29, 0.717) is 81.2 Å². The first kappa shape index (κ1) is 49.6. The van der Waals surface area contributed by atoms with Crippen molar-refractivity contribution in [2.45, 2.75) is 68.4 Å². The fourth-order valence-corrected chi connectivity index (χ4v) is 14.3. The maximum absolute atomic E-state index is 13.6. The van der Waals surface area contributed by atoms with Gasteiger partial charge in [-0.25, -0.2) is 4.98 Å². The molecule has 17 nitrogen and oxygen atoms in total. The van der Waals surface area contributed by atoms with Crippen molar-refractivity contribution in [2.75, 3.05) is 53.3 Å². The number of carbonyl (C=O) groups excluding carboxylic acids is 4. The zero-order valence-corrected chi connectivity index (χ0v) is 43.8. The number of carbonyl (C=O) groups is 5. The summed E-state index contributed by atoms with van der Waals surface area (Å²) < 4.78 is 16.3. The van der Waals surface area contributed by atoms with Crippen LogP contribution in [0, 0.1) is 6.92 Å². The number of pyridine rings is 1. The number of methoxy groups -OCH3 is 1. The summed E-state index contributed by atoms with van der Waals surface area (Å²) in [4.78, 5) is 77.8. The summed E-state index contributed by atoms with van der Waals surface area (Å²) in [5.41, 5.74) is 7.21. The van der Waals surface area contributed by atoms with Crippen molar-refractivity contribution < 1.29 is 59.8 Å². The van der Waals surface area contributed by atoms with Crippen LogP contribution < -0.4 is 51.5 Å². The van der Waals surface area contributed by atoms with Crippen LogP contribution in [0.2, 0.25) is 0 Å². The molecule has 3 aliphatic rings. The number of likely N-dealkylation sites (tertiary alicyclic amines) is 1. The van der Waals surface area contributed by atoms with Crippen LogP contribution >= 0.6 is 11.3 Å². The molecule has 0 bridgehead atoms. The molecule has 6 heterocycles. The van der Waals surface area contributed by atoms with Crippen molar-refractivity contribution in [3.63, 3.8) is 0 Å². The van der Waals surface area contributed by atoms with Gasteiger partial charge in [-0.2, -0.15) is 0 Å². The molecule has 19 heteroatoms. The Morgan fingerprint density at radius 3 is 2.56 bits per heavy atom. The van der Waals surface area contributed by atoms with Crippen LogP contribution in [-0.2, 0) is 34.4 Å². The molecule has 3 aliphatic heterocycles. The van der Waals surface area contributed by atoms with Gasteiger partial charge in [-0.3, -0.25) is 25.0 Å². The number of imide groups is 1. The van der Waals surface area contributed by atoms with Crippen LogP contribution in [0.4, 0.5) is 16.6 Å². The molecule has 4 amide bonds. The summed E-state index contributed by atoms with van der Waals surface area (Å²) in [6, 6.07) is 26.8. The van der Waals surface area contributed by atoms with Crippen molar-refractivity contribution in [3.05, 3.63) is 119 Å². The number of benzene rings is 4. The minimum atomic E-state index is -1.12. The standard InChI is InChI=1S/C54H55IN9O8S/c1-30-26-34(72-25-22-55-33-21-24-63(31(2)27-33)29-46(66)56-42-17-14-38-47(39-16-19-45(65)59-52(39)68)61-62(3)49(38)50(42)71-4)12-13-35(30)36-15-18-44(58-48(36)53(69)70)64-23-20-32-8-7-9-37(40(32)28-64)51(67)60-54-57-41-10-5-6-11-43(41)73-54/h5-15,17-18,26,31,33,39H,16,19-25,27-29H2,1-4H3,(H,56,66)(H,69,70)(H,57,60,67)(H,59,65,68)/q-1/t31-,33?,39?/m0/s1. The molecule has 2 saturated heterocycles. The number of nitrogens with zero attached hydrogens (tertiary/aromatic N) is 6. The average Bonchev–Trinajstić information content (AvgIpc) is 3.95. The topological polar surface area (TPSA) is 210 Å². The summed E-state index contributed by atoms with van der Waals surface area (Å²) in [5.74, 6) is -0.986. The number of amides is 4. The molecular weight excluding hydrogens is 1060 g/mol. The number of rotatable bonds is 15. The number of piperidine rings is 2. The number of aromatic nitrogens is 4. The van der Waals surface area contributed by atoms with Crippen molar-refractivity contribution in [2.24, 2.45) is 7.05 Å². The van der Waals surface area contributed by atoms with Gasteiger partial charge >= 0.3 is 267 Å². The predicted octanol–water partition coefficient (Wildman–Crippen LogP) is 4.55. The predicted molar refractivity (Wildman–Crippen MR) is 276 cm³/mol. The van der Waals surface area contributed by atoms with Crippen molar-refractivity contribution in [3.8, 4) is 22.6 Å². The second-order valence-electron chi connectivity index (χ2n) is 18.6. The van der Waals surface area contributed by atoms with Gasteiger partial charge in [-0.15, -0.1) is 0 Å². The van der Waals surface area contributed by atoms with Crippen LogP contribution in [0.1, 0.15) is 81.8 Å². The van der Waals surface area contributed by atoms with Gasteiger partial charge in [0.1, 0.15) is 0 Å². The van der Waals surface area contributed by atoms with E-state index >= 15 is 0 Å². The molecule has 0 spiro atoms. The number of thiazole rings is 1. The number of ether oxygens (including phenoxy) is 2. The molecule has 10 rings (SSSR count). The first-order chi connectivity index (χ1) is 35.3. The number of carboxylic acids is 1. The van der Waals surface area contributed by atoms with Crippen molar-refractivity contribution in [1.82, 2.24) is 30.0 Å². The molecule has 73 heavy (non-hydrogen) atoms. The van der Waals surface area contributed by atoms with Crippen molar-refractivity contribution in [1.29, 1.82) is 0 Å². The Morgan fingerprint density at radius 2 is 1.78 bits per heavy atom. The van der Waals surface area contributed by atoms with Crippen molar-refractivity contribution >= 4 is 78.7 Å². The Kier molecular flexibility index (Phi) is 14.4. The molecule has 0 radical (unpaired) electrons. The SMILES string of the molecule is COc1c(NC(=O)CN2CCC([I-]CCOc3ccc(-c4ccc(N5CCc6cccc(C(=O)Nc7nc8ccccc8s7)c6C5)nc4C(=O)O)c(C)c3)C[C@@H]2C)ccc2c(C3CCC(=O)NC3=O)nn(C)c12. The molecule has 3 atom stereocenters. The van der Waals surface area contributed by atoms with E-state index in [9.17, 15) is 29.1 Å². The van der Waals surface area contributed by atoms with Crippen LogP contribution in [0.5, 0.6) is 11.5 Å². The number of nitrogens with one attached hydrogen (secondary N) is 3. The van der Waals surface area contributed by atoms with Gasteiger partial charge in [0, 0.05) is 25.1 Å². The van der Waals surface area contributed by atoms with E-state index in [-0.39, 0.29) is 69.5 Å². The van der Waals surface area contributed by atoms with E-state index in [4.69, 9.17) is 14.5 Å². The molecule has 378 valence electrons. The molecule has 0 aliphatic carbocycles. The monoisotopic (exact) mass is 1120 g/mol. The van der Waals surface area contributed by atoms with Crippen LogP contribution in [-0.4, -0.2) is 107 Å². The number of carboxylic acid groups (broad SMARTS) is 1. The number of hydrogen-bond donors (Lipinski definition) is 4. The summed E-state index contributed by atoms with van der Waals surface area (Å²) in [6.07, 6.45) is 3.33. The Labute approximate surface area is 435 Å². The Bertz CT molecular complexity index is 3290. The van der Waals surface area contributed by atoms with Crippen LogP contribution in [0.25, 0.3) is 32.2 Å². The molecule has 4 N–H and O–H groups in total. The Morgan fingerprint density at radius 1 is 0.945 bits per heavy atom. The van der Waals surface area contributed by atoms with Gasteiger partial charge in [0.15, 0.2) is 5.13 Å². The fourth-order valence-electron chi connectivity index (χ4n) is 10.3. The van der Waals surface area contributed by atoms with E-state index in [1.165, 1.54) is 11.3 Å². The number of halogens is 1. The summed E-state index contributed by atoms with van der Waals surface area (Å²) in [6.45, 7) is 6.80. The number of anilines is 3. The number of fused-ring (bicyclic) bond motifs is 3. The van der Waals surface area contributed by atoms with Gasteiger partial charge in [-0.1, -0.05) is 35.6 Å². The Hall–Kier alpha value is -6.97. The third-order valence-corrected chi connectivity index (χ3v) is 18.3. The third-order valence-electron chi connectivity index (χ3n) is 13.9. The second kappa shape index (κ2) is 21.2. The molecule has 3 aromatic heterocycles. The second-order valence-corrected chi connectivity index (χ2v) is 23.4. The number of hydrogen-bond acceptors (Lipinski definition) is 13. The van der Waals surface area contributed by atoms with Gasteiger partial charge < -0.3 is 0 Å². The van der Waals surface area contributed by atoms with Crippen LogP contribution in [0.15, 0.2) is 84.9 Å². The fraction of sp³-hybridized carbons (Fsp3) is 0.333. The van der Waals surface area contributed by atoms with E-state index in [0.717, 1.165) is 67.4 Å². The van der Waals surface area contributed by atoms with E-state index in [1.54, 1.807) is 24.9 Å². The maximum atomic E-state index is 13.6. The Balaban J connectivity index is 0.709. The van der Waals surface area contributed by atoms with Gasteiger partial charge in [0.05, 0.1) is 16.1 Å². The van der Waals surface area contributed by atoms with E-state index in [2.05, 4.69) is 37.9 Å². The molecular formula is C54H55IN9O8S-. The first-order valence-electron chi connectivity index (χ1n) is 24.3.